The molecule has 2 aromatic rings. The van der Waals surface area contributed by atoms with Gasteiger partial charge in [-0.2, -0.15) is 10.2 Å². The van der Waals surface area contributed by atoms with Crippen LogP contribution in [0.3, 0.4) is 0 Å². The van der Waals surface area contributed by atoms with Crippen molar-refractivity contribution in [3.05, 3.63) is 67.8 Å². The molecule has 0 aliphatic carbocycles. The molecule has 0 fully saturated rings. The fourth-order valence-corrected chi connectivity index (χ4v) is 2.23. The smallest absolute Gasteiger partial charge is 0.270 e. The molecule has 158 valence electrons. The number of hydrazone groups is 2. The summed E-state index contributed by atoms with van der Waals surface area (Å²) >= 11 is 0. The minimum atomic E-state index is -0.595. The van der Waals surface area contributed by atoms with Gasteiger partial charge in [0.2, 0.25) is 0 Å². The quantitative estimate of drug-likeness (QED) is 0.331. The number of benzene rings is 2. The van der Waals surface area contributed by atoms with Gasteiger partial charge in [-0.1, -0.05) is 23.6 Å². The molecule has 12 nitrogen and oxygen atoms in total. The summed E-state index contributed by atoms with van der Waals surface area (Å²) in [5.74, 6) is -0.769. The van der Waals surface area contributed by atoms with E-state index in [0.29, 0.717) is 13.1 Å². The first-order valence-corrected chi connectivity index (χ1v) is 8.58. The van der Waals surface area contributed by atoms with E-state index in [9.17, 15) is 30.4 Å². The second-order valence-corrected chi connectivity index (χ2v) is 6.21. The first-order valence-electron chi connectivity index (χ1n) is 8.58. The maximum atomic E-state index is 11.8. The number of rotatable bonds is 9. The van der Waals surface area contributed by atoms with Crippen LogP contribution in [0.4, 0.5) is 11.4 Å². The molecule has 0 spiro atoms. The van der Waals surface area contributed by atoms with Crippen LogP contribution < -0.4 is 10.2 Å². The summed E-state index contributed by atoms with van der Waals surface area (Å²) in [6.07, 6.45) is 2.48. The standard InChI is InChI=1S/C18H20N6O6/c1-21(19-11-13-9-15(23(27)28)3-5-17(13)25)7-8-22(2)20-12-14-10-16(24(29)30)4-6-18(14)26/h3-6,9-12,25-26H,7-8H2,1-2H3/p-2/b19-11-,20-12-. The van der Waals surface area contributed by atoms with Crippen LogP contribution in [-0.2, 0) is 0 Å². The highest BCUT2D eigenvalue weighted by molar-refractivity contribution is 5.84. The Kier molecular flexibility index (Phi) is 7.22. The predicted molar refractivity (Wildman–Crippen MR) is 106 cm³/mol. The second-order valence-electron chi connectivity index (χ2n) is 6.21. The molecule has 0 aromatic heterocycles. The molecule has 0 saturated heterocycles. The average molecular weight is 414 g/mol. The van der Waals surface area contributed by atoms with Gasteiger partial charge in [-0.3, -0.25) is 30.2 Å². The molecule has 0 unspecified atom stereocenters. The van der Waals surface area contributed by atoms with Gasteiger partial charge in [0.05, 0.1) is 35.4 Å². The lowest BCUT2D eigenvalue weighted by molar-refractivity contribution is -0.385. The van der Waals surface area contributed by atoms with Crippen LogP contribution in [0, 0.1) is 20.2 Å². The van der Waals surface area contributed by atoms with Crippen LogP contribution in [0.15, 0.2) is 46.6 Å². The van der Waals surface area contributed by atoms with Crippen LogP contribution in [0.5, 0.6) is 11.5 Å². The highest BCUT2D eigenvalue weighted by atomic mass is 16.6. The van der Waals surface area contributed by atoms with Crippen molar-refractivity contribution < 1.29 is 20.1 Å². The lowest BCUT2D eigenvalue weighted by Gasteiger charge is -2.18. The Bertz CT molecular complexity index is 914. The Morgan fingerprint density at radius 3 is 1.50 bits per heavy atom. The fourth-order valence-electron chi connectivity index (χ4n) is 2.23. The number of hydrogen-bond donors (Lipinski definition) is 0. The van der Waals surface area contributed by atoms with Crippen molar-refractivity contribution >= 4 is 23.8 Å². The van der Waals surface area contributed by atoms with E-state index in [-0.39, 0.29) is 34.0 Å². The third-order valence-corrected chi connectivity index (χ3v) is 3.94. The molecule has 0 saturated carbocycles. The molecule has 0 heterocycles. The van der Waals surface area contributed by atoms with E-state index >= 15 is 0 Å². The maximum Gasteiger partial charge on any atom is 0.270 e. The minimum absolute atomic E-state index is 0.0936. The Labute approximate surface area is 171 Å². The Morgan fingerprint density at radius 1 is 0.800 bits per heavy atom. The summed E-state index contributed by atoms with van der Waals surface area (Å²) < 4.78 is 0. The topological polar surface area (TPSA) is 164 Å². The van der Waals surface area contributed by atoms with Crippen LogP contribution >= 0.6 is 0 Å². The summed E-state index contributed by atoms with van der Waals surface area (Å²) in [7, 11) is 3.29. The van der Waals surface area contributed by atoms with Crippen molar-refractivity contribution in [1.29, 1.82) is 0 Å². The normalized spacial score (nSPS) is 11.1. The molecule has 0 amide bonds. The zero-order chi connectivity index (χ0) is 22.3. The predicted octanol–water partition coefficient (Wildman–Crippen LogP) is 0.882. The molecule has 0 aliphatic heterocycles. The Balaban J connectivity index is 1.94. The summed E-state index contributed by atoms with van der Waals surface area (Å²) in [5.41, 5.74) is -0.217. The van der Waals surface area contributed by atoms with Crippen molar-refractivity contribution in [2.75, 3.05) is 27.2 Å². The molecule has 0 bridgehead atoms. The summed E-state index contributed by atoms with van der Waals surface area (Å²) in [4.78, 5) is 20.4. The largest absolute Gasteiger partial charge is 0.872 e. The Hall–Kier alpha value is -4.22. The number of nitro groups is 2. The third-order valence-electron chi connectivity index (χ3n) is 3.94. The van der Waals surface area contributed by atoms with Crippen molar-refractivity contribution in [1.82, 2.24) is 10.0 Å². The van der Waals surface area contributed by atoms with Crippen LogP contribution in [0.25, 0.3) is 0 Å². The molecule has 2 rings (SSSR count). The van der Waals surface area contributed by atoms with E-state index in [0.717, 1.165) is 36.4 Å². The van der Waals surface area contributed by atoms with Gasteiger partial charge < -0.3 is 10.2 Å². The van der Waals surface area contributed by atoms with Gasteiger partial charge in [0.15, 0.2) is 0 Å². The van der Waals surface area contributed by atoms with Crippen LogP contribution in [0.2, 0.25) is 0 Å². The number of hydrogen-bond acceptors (Lipinski definition) is 10. The highest BCUT2D eigenvalue weighted by Gasteiger charge is 2.07. The fraction of sp³-hybridized carbons (Fsp3) is 0.222. The number of nitro benzene ring substituents is 2. The summed E-state index contributed by atoms with van der Waals surface area (Å²) in [6.45, 7) is 0.763. The number of nitrogens with zero attached hydrogens (tertiary/aromatic N) is 6. The van der Waals surface area contributed by atoms with Gasteiger partial charge in [-0.25, -0.2) is 0 Å². The molecule has 30 heavy (non-hydrogen) atoms. The second kappa shape index (κ2) is 9.82. The lowest BCUT2D eigenvalue weighted by atomic mass is 10.2. The average Bonchev–Trinajstić information content (AvgIpc) is 2.70. The van der Waals surface area contributed by atoms with Crippen molar-refractivity contribution in [3.8, 4) is 11.5 Å². The van der Waals surface area contributed by atoms with Gasteiger partial charge in [-0.05, 0) is 11.1 Å². The maximum absolute atomic E-state index is 11.8. The van der Waals surface area contributed by atoms with Gasteiger partial charge in [0.1, 0.15) is 0 Å². The molecule has 0 N–H and O–H groups in total. The van der Waals surface area contributed by atoms with E-state index in [1.165, 1.54) is 22.4 Å². The van der Waals surface area contributed by atoms with E-state index < -0.39 is 9.85 Å². The molecular weight excluding hydrogens is 396 g/mol. The van der Waals surface area contributed by atoms with E-state index in [1.807, 2.05) is 0 Å². The molecule has 0 aliphatic rings. The molecular formula is C18H18N6O6-2. The third kappa shape index (κ3) is 6.15. The first kappa shape index (κ1) is 22.1. The molecule has 12 heteroatoms. The van der Waals surface area contributed by atoms with Crippen molar-refractivity contribution in [2.24, 2.45) is 10.2 Å². The van der Waals surface area contributed by atoms with Crippen LogP contribution in [-0.4, -0.2) is 59.5 Å². The van der Waals surface area contributed by atoms with Gasteiger partial charge >= 0.3 is 0 Å². The highest BCUT2D eigenvalue weighted by Crippen LogP contribution is 2.20. The van der Waals surface area contributed by atoms with Crippen molar-refractivity contribution in [2.45, 2.75) is 0 Å². The molecule has 0 radical (unpaired) electrons. The van der Waals surface area contributed by atoms with Gasteiger partial charge in [0, 0.05) is 38.4 Å². The minimum Gasteiger partial charge on any atom is -0.872 e. The van der Waals surface area contributed by atoms with E-state index in [1.54, 1.807) is 14.1 Å². The Morgan fingerprint density at radius 2 is 1.17 bits per heavy atom. The molecule has 0 atom stereocenters. The zero-order valence-electron chi connectivity index (χ0n) is 16.2. The number of likely N-dealkylation sites (N-methyl/N-ethyl adjacent to an activating group) is 2. The summed E-state index contributed by atoms with van der Waals surface area (Å²) in [6, 6.07) is 6.78. The monoisotopic (exact) mass is 414 g/mol. The zero-order valence-corrected chi connectivity index (χ0v) is 16.2. The van der Waals surface area contributed by atoms with E-state index in [2.05, 4.69) is 10.2 Å². The first-order chi connectivity index (χ1) is 14.2. The van der Waals surface area contributed by atoms with Gasteiger partial charge in [0.25, 0.3) is 11.4 Å². The molecule has 2 aromatic carbocycles. The van der Waals surface area contributed by atoms with E-state index in [4.69, 9.17) is 0 Å². The van der Waals surface area contributed by atoms with Gasteiger partial charge in [-0.15, -0.1) is 0 Å². The SMILES string of the molecule is CN(CCN(C)/N=C\c1cc([N+](=O)[O-])ccc1[O-])/N=C\c1cc([N+](=O)[O-])ccc1[O-]. The number of non-ortho nitro benzene ring substituents is 2. The summed E-state index contributed by atoms with van der Waals surface area (Å²) in [5, 5.41) is 56.3. The van der Waals surface area contributed by atoms with Crippen LogP contribution in [0.1, 0.15) is 11.1 Å². The lowest BCUT2D eigenvalue weighted by Crippen LogP contribution is -2.25. The van der Waals surface area contributed by atoms with Crippen molar-refractivity contribution in [3.63, 3.8) is 0 Å².